The van der Waals surface area contributed by atoms with Crippen LogP contribution in [0, 0.1) is 11.3 Å². The first kappa shape index (κ1) is 27.0. The van der Waals surface area contributed by atoms with Crippen LogP contribution in [0.4, 0.5) is 8.78 Å². The van der Waals surface area contributed by atoms with Gasteiger partial charge in [0.2, 0.25) is 0 Å². The van der Waals surface area contributed by atoms with E-state index in [1.807, 2.05) is 12.1 Å². The van der Waals surface area contributed by atoms with Crippen LogP contribution < -0.4 is 0 Å². The molecule has 1 aliphatic carbocycles. The summed E-state index contributed by atoms with van der Waals surface area (Å²) in [6.07, 6.45) is 3.86. The Morgan fingerprint density at radius 3 is 2.06 bits per heavy atom. The molecule has 3 atom stereocenters. The summed E-state index contributed by atoms with van der Waals surface area (Å²) in [5.41, 5.74) is 3.47. The highest BCUT2D eigenvalue weighted by Gasteiger charge is 2.34. The van der Waals surface area contributed by atoms with Crippen LogP contribution in [0.15, 0.2) is 54.6 Å². The van der Waals surface area contributed by atoms with Crippen LogP contribution in [-0.2, 0) is 12.8 Å². The van der Waals surface area contributed by atoms with E-state index < -0.39 is 18.3 Å². The average molecular weight is 455 g/mol. The van der Waals surface area contributed by atoms with Gasteiger partial charge in [-0.15, -0.1) is 0 Å². The van der Waals surface area contributed by atoms with E-state index in [2.05, 4.69) is 61.2 Å². The predicted molar refractivity (Wildman–Crippen MR) is 134 cm³/mol. The molecule has 0 bridgehead atoms. The van der Waals surface area contributed by atoms with Gasteiger partial charge in [-0.2, -0.15) is 5.26 Å². The maximum atomic E-state index is 14.3. The number of nitriles is 1. The van der Waals surface area contributed by atoms with Crippen molar-refractivity contribution in [2.24, 2.45) is 0 Å². The Morgan fingerprint density at radius 2 is 1.52 bits per heavy atom. The number of likely N-dealkylation sites (N-methyl/N-ethyl adjacent to an activating group) is 1. The minimum atomic E-state index is -1.05. The molecule has 4 heteroatoms. The van der Waals surface area contributed by atoms with Crippen LogP contribution >= 0.6 is 0 Å². The van der Waals surface area contributed by atoms with Crippen LogP contribution in [0.1, 0.15) is 75.5 Å². The number of nitrogens with zero attached hydrogens (tertiary/aromatic N) is 2. The van der Waals surface area contributed by atoms with Gasteiger partial charge in [0.15, 0.2) is 0 Å². The number of benzene rings is 2. The molecule has 0 spiro atoms. The summed E-state index contributed by atoms with van der Waals surface area (Å²) in [5.74, 6) is -0.579. The zero-order valence-electron chi connectivity index (χ0n) is 20.5. The summed E-state index contributed by atoms with van der Waals surface area (Å²) in [5, 5.41) is 7.32. The molecule has 0 aliphatic heterocycles. The van der Waals surface area contributed by atoms with Gasteiger partial charge < -0.3 is 4.90 Å². The molecule has 0 N–H and O–H groups in total. The number of hydrogen-bond acceptors (Lipinski definition) is 2. The summed E-state index contributed by atoms with van der Waals surface area (Å²) in [6.45, 7) is 8.08. The van der Waals surface area contributed by atoms with Crippen LogP contribution in [0.2, 0.25) is 0 Å². The first-order chi connectivity index (χ1) is 16.0. The van der Waals surface area contributed by atoms with E-state index in [1.165, 1.54) is 18.1 Å². The van der Waals surface area contributed by atoms with Gasteiger partial charge in [-0.3, -0.25) is 0 Å². The van der Waals surface area contributed by atoms with Gasteiger partial charge in [-0.25, -0.2) is 8.78 Å². The molecule has 2 aromatic carbocycles. The highest BCUT2D eigenvalue weighted by atomic mass is 19.1. The Bertz CT molecular complexity index is 806. The van der Waals surface area contributed by atoms with Gasteiger partial charge in [0.25, 0.3) is 0 Å². The minimum absolute atomic E-state index is 0.487. The molecule has 0 saturated heterocycles. The third-order valence-electron chi connectivity index (χ3n) is 6.79. The molecule has 180 valence electrons. The van der Waals surface area contributed by atoms with E-state index in [1.54, 1.807) is 6.07 Å². The molecule has 0 aromatic heterocycles. The highest BCUT2D eigenvalue weighted by Crippen LogP contribution is 2.37. The summed E-state index contributed by atoms with van der Waals surface area (Å²) in [6, 6.07) is 21.1. The molecule has 2 aromatic rings. The van der Waals surface area contributed by atoms with E-state index in [4.69, 9.17) is 5.26 Å². The van der Waals surface area contributed by atoms with E-state index in [0.717, 1.165) is 44.3 Å². The lowest BCUT2D eigenvalue weighted by Crippen LogP contribution is -2.36. The normalized spacial score (nSPS) is 21.1. The van der Waals surface area contributed by atoms with Crippen molar-refractivity contribution in [3.8, 4) is 6.07 Å². The van der Waals surface area contributed by atoms with Crippen LogP contribution in [0.25, 0.3) is 0 Å². The molecule has 33 heavy (non-hydrogen) atoms. The SMILES string of the molecule is CC#N.CCC(CCc1ccc(C2C(F)CCCC2F)cc1)N(CC)CCc1ccccc1. The molecule has 0 heterocycles. The monoisotopic (exact) mass is 454 g/mol. The third-order valence-corrected chi connectivity index (χ3v) is 6.79. The van der Waals surface area contributed by atoms with Crippen molar-refractivity contribution in [2.45, 2.75) is 90.0 Å². The fourth-order valence-corrected chi connectivity index (χ4v) is 4.91. The zero-order chi connectivity index (χ0) is 24.1. The van der Waals surface area contributed by atoms with E-state index in [0.29, 0.717) is 25.3 Å². The largest absolute Gasteiger partial charge is 0.300 e. The number of alkyl halides is 2. The van der Waals surface area contributed by atoms with Gasteiger partial charge in [0.1, 0.15) is 12.3 Å². The maximum absolute atomic E-state index is 14.3. The maximum Gasteiger partial charge on any atom is 0.110 e. The number of halogens is 2. The zero-order valence-corrected chi connectivity index (χ0v) is 20.5. The van der Waals surface area contributed by atoms with Crippen molar-refractivity contribution in [3.63, 3.8) is 0 Å². The fourth-order valence-electron chi connectivity index (χ4n) is 4.91. The highest BCUT2D eigenvalue weighted by molar-refractivity contribution is 5.28. The van der Waals surface area contributed by atoms with Gasteiger partial charge in [0.05, 0.1) is 6.07 Å². The van der Waals surface area contributed by atoms with Crippen molar-refractivity contribution >= 4 is 0 Å². The van der Waals surface area contributed by atoms with Crippen LogP contribution in [-0.4, -0.2) is 36.4 Å². The van der Waals surface area contributed by atoms with Crippen molar-refractivity contribution in [3.05, 3.63) is 71.3 Å². The van der Waals surface area contributed by atoms with E-state index >= 15 is 0 Å². The van der Waals surface area contributed by atoms with Crippen molar-refractivity contribution in [1.82, 2.24) is 4.90 Å². The van der Waals surface area contributed by atoms with Crippen LogP contribution in [0.5, 0.6) is 0 Å². The Labute approximate surface area is 199 Å². The molecule has 1 saturated carbocycles. The first-order valence-corrected chi connectivity index (χ1v) is 12.5. The second kappa shape index (κ2) is 14.8. The summed E-state index contributed by atoms with van der Waals surface area (Å²) in [7, 11) is 0. The molecule has 0 radical (unpaired) electrons. The minimum Gasteiger partial charge on any atom is -0.300 e. The van der Waals surface area contributed by atoms with Crippen LogP contribution in [0.3, 0.4) is 0 Å². The Hall–Kier alpha value is -2.25. The lowest BCUT2D eigenvalue weighted by atomic mass is 9.81. The fraction of sp³-hybridized carbons (Fsp3) is 0.552. The van der Waals surface area contributed by atoms with Gasteiger partial charge in [0, 0.05) is 25.4 Å². The Morgan fingerprint density at radius 1 is 0.939 bits per heavy atom. The van der Waals surface area contributed by atoms with E-state index in [9.17, 15) is 8.78 Å². The lowest BCUT2D eigenvalue weighted by molar-refractivity contribution is 0.124. The summed E-state index contributed by atoms with van der Waals surface area (Å²) in [4.78, 5) is 2.59. The van der Waals surface area contributed by atoms with Gasteiger partial charge in [-0.05, 0) is 68.2 Å². The summed E-state index contributed by atoms with van der Waals surface area (Å²) >= 11 is 0. The molecule has 3 rings (SSSR count). The van der Waals surface area contributed by atoms with Crippen molar-refractivity contribution in [1.29, 1.82) is 5.26 Å². The topological polar surface area (TPSA) is 27.0 Å². The van der Waals surface area contributed by atoms with Crippen molar-refractivity contribution in [2.75, 3.05) is 13.1 Å². The first-order valence-electron chi connectivity index (χ1n) is 12.5. The van der Waals surface area contributed by atoms with E-state index in [-0.39, 0.29) is 0 Å². The number of rotatable bonds is 10. The molecule has 1 fully saturated rings. The smallest absolute Gasteiger partial charge is 0.110 e. The molecule has 3 unspecified atom stereocenters. The predicted octanol–water partition coefficient (Wildman–Crippen LogP) is 7.44. The molecule has 0 amide bonds. The number of hydrogen-bond donors (Lipinski definition) is 0. The molecule has 2 nitrogen and oxygen atoms in total. The third kappa shape index (κ3) is 8.55. The molecule has 1 aliphatic rings. The quantitative estimate of drug-likeness (QED) is 0.373. The van der Waals surface area contributed by atoms with Crippen molar-refractivity contribution < 1.29 is 8.78 Å². The molecular weight excluding hydrogens is 414 g/mol. The number of aryl methyl sites for hydroxylation is 1. The summed E-state index contributed by atoms with van der Waals surface area (Å²) < 4.78 is 28.5. The molecular formula is C29H40F2N2. The Kier molecular flexibility index (Phi) is 12.1. The average Bonchev–Trinajstić information content (AvgIpc) is 2.83. The van der Waals surface area contributed by atoms with Gasteiger partial charge in [-0.1, -0.05) is 68.4 Å². The standard InChI is InChI=1S/C27H37F2N.C2H3N/c1-3-24(30(4-2)20-19-21-9-6-5-7-10-21)18-15-22-13-16-23(17-14-22)27-25(28)11-8-12-26(27)29;1-2-3/h5-7,9-10,13-14,16-17,24-27H,3-4,8,11-12,15,18-20H2,1-2H3;1H3. The lowest BCUT2D eigenvalue weighted by Gasteiger charge is -2.31. The Balaban J connectivity index is 0.00000122. The van der Waals surface area contributed by atoms with Gasteiger partial charge >= 0.3 is 0 Å². The second-order valence-corrected chi connectivity index (χ2v) is 8.92. The second-order valence-electron chi connectivity index (χ2n) is 8.92.